The molecule has 29 heavy (non-hydrogen) atoms. The van der Waals surface area contributed by atoms with E-state index in [9.17, 15) is 9.90 Å². The lowest BCUT2D eigenvalue weighted by molar-refractivity contribution is -0.121. The van der Waals surface area contributed by atoms with Gasteiger partial charge in [0.2, 0.25) is 5.91 Å². The Hall–Kier alpha value is -2.66. The van der Waals surface area contributed by atoms with Gasteiger partial charge < -0.3 is 15.0 Å². The van der Waals surface area contributed by atoms with Gasteiger partial charge >= 0.3 is 0 Å². The van der Waals surface area contributed by atoms with Crippen LogP contribution in [0.2, 0.25) is 0 Å². The summed E-state index contributed by atoms with van der Waals surface area (Å²) < 4.78 is 2.24. The number of hydrogen-bond donors (Lipinski definition) is 2. The molecule has 0 fully saturated rings. The summed E-state index contributed by atoms with van der Waals surface area (Å²) in [5, 5.41) is 12.3. The number of aromatic nitrogens is 2. The maximum Gasteiger partial charge on any atom is 0.220 e. The van der Waals surface area contributed by atoms with Gasteiger partial charge in [-0.15, -0.1) is 0 Å². The molecule has 0 unspecified atom stereocenters. The number of benzene rings is 2. The van der Waals surface area contributed by atoms with E-state index < -0.39 is 6.10 Å². The first-order valence-electron chi connectivity index (χ1n) is 10.4. The number of carbonyl (C=O) groups excluding carboxylic acids is 1. The van der Waals surface area contributed by atoms with Crippen molar-refractivity contribution in [2.75, 3.05) is 6.54 Å². The standard InChI is InChI=1S/C24H31N3O2/c1-17(2)20-11-9-19(10-12-20)16-27-22-7-5-4-6-21(22)26-23(27)14-15-25-24(29)13-8-18(3)28/h4-7,9-12,17-18,28H,8,13-16H2,1-3H3,(H,25,29)/t18-/m0/s1. The highest BCUT2D eigenvalue weighted by Crippen LogP contribution is 2.20. The molecule has 3 aromatic rings. The predicted octanol–water partition coefficient (Wildman–Crippen LogP) is 4.03. The highest BCUT2D eigenvalue weighted by atomic mass is 16.3. The van der Waals surface area contributed by atoms with E-state index in [-0.39, 0.29) is 5.91 Å². The van der Waals surface area contributed by atoms with E-state index in [4.69, 9.17) is 4.98 Å². The Bertz CT molecular complexity index is 942. The lowest BCUT2D eigenvalue weighted by Gasteiger charge is -2.12. The minimum atomic E-state index is -0.452. The summed E-state index contributed by atoms with van der Waals surface area (Å²) in [4.78, 5) is 16.7. The third-order valence-corrected chi connectivity index (χ3v) is 5.18. The second-order valence-corrected chi connectivity index (χ2v) is 7.99. The molecule has 1 heterocycles. The predicted molar refractivity (Wildman–Crippen MR) is 117 cm³/mol. The zero-order valence-electron chi connectivity index (χ0n) is 17.6. The van der Waals surface area contributed by atoms with Crippen molar-refractivity contribution in [2.45, 2.75) is 58.6 Å². The van der Waals surface area contributed by atoms with Crippen LogP contribution >= 0.6 is 0 Å². The third kappa shape index (κ3) is 5.67. The lowest BCUT2D eigenvalue weighted by atomic mass is 10.0. The molecule has 0 saturated carbocycles. The number of aliphatic hydroxyl groups is 1. The number of carbonyl (C=O) groups is 1. The van der Waals surface area contributed by atoms with E-state index in [2.05, 4.69) is 54.1 Å². The van der Waals surface area contributed by atoms with Gasteiger partial charge in [-0.3, -0.25) is 4.79 Å². The Morgan fingerprint density at radius 2 is 1.83 bits per heavy atom. The maximum absolute atomic E-state index is 11.9. The Kier molecular flexibility index (Phi) is 7.04. The Morgan fingerprint density at radius 1 is 1.10 bits per heavy atom. The summed E-state index contributed by atoms with van der Waals surface area (Å²) in [6.45, 7) is 7.39. The van der Waals surface area contributed by atoms with E-state index >= 15 is 0 Å². The number of nitrogens with zero attached hydrogens (tertiary/aromatic N) is 2. The van der Waals surface area contributed by atoms with Crippen LogP contribution in [0.15, 0.2) is 48.5 Å². The monoisotopic (exact) mass is 393 g/mol. The van der Waals surface area contributed by atoms with Gasteiger partial charge in [0.05, 0.1) is 17.1 Å². The highest BCUT2D eigenvalue weighted by molar-refractivity contribution is 5.76. The van der Waals surface area contributed by atoms with Crippen LogP contribution in [-0.4, -0.2) is 33.2 Å². The molecule has 1 amide bonds. The van der Waals surface area contributed by atoms with Crippen molar-refractivity contribution in [2.24, 2.45) is 0 Å². The first kappa shape index (κ1) is 21.1. The van der Waals surface area contributed by atoms with Crippen LogP contribution in [0.1, 0.15) is 56.5 Å². The summed E-state index contributed by atoms with van der Waals surface area (Å²) >= 11 is 0. The quantitative estimate of drug-likeness (QED) is 0.577. The van der Waals surface area contributed by atoms with Gasteiger partial charge in [0, 0.05) is 25.9 Å². The van der Waals surface area contributed by atoms with E-state index in [1.165, 1.54) is 11.1 Å². The summed E-state index contributed by atoms with van der Waals surface area (Å²) in [5.74, 6) is 1.46. The van der Waals surface area contributed by atoms with E-state index in [0.717, 1.165) is 23.4 Å². The Labute approximate surface area is 172 Å². The first-order valence-corrected chi connectivity index (χ1v) is 10.4. The molecule has 1 atom stereocenters. The number of nitrogens with one attached hydrogen (secondary N) is 1. The molecule has 0 aliphatic heterocycles. The van der Waals surface area contributed by atoms with Gasteiger partial charge in [-0.1, -0.05) is 50.2 Å². The molecule has 0 aliphatic rings. The van der Waals surface area contributed by atoms with E-state index in [1.807, 2.05) is 18.2 Å². The van der Waals surface area contributed by atoms with Gasteiger partial charge in [0.15, 0.2) is 0 Å². The van der Waals surface area contributed by atoms with Gasteiger partial charge in [-0.25, -0.2) is 4.98 Å². The van der Waals surface area contributed by atoms with Gasteiger partial charge in [-0.2, -0.15) is 0 Å². The molecule has 1 aromatic heterocycles. The van der Waals surface area contributed by atoms with Crippen LogP contribution in [0, 0.1) is 0 Å². The second-order valence-electron chi connectivity index (χ2n) is 7.99. The van der Waals surface area contributed by atoms with Crippen LogP contribution < -0.4 is 5.32 Å². The molecule has 3 rings (SSSR count). The van der Waals surface area contributed by atoms with E-state index in [0.29, 0.717) is 31.7 Å². The van der Waals surface area contributed by atoms with Gasteiger partial charge in [-0.05, 0) is 42.5 Å². The topological polar surface area (TPSA) is 67.2 Å². The van der Waals surface area contributed by atoms with Crippen molar-refractivity contribution in [3.8, 4) is 0 Å². The van der Waals surface area contributed by atoms with Crippen LogP contribution in [0.4, 0.5) is 0 Å². The van der Waals surface area contributed by atoms with Crippen molar-refractivity contribution in [3.63, 3.8) is 0 Å². The zero-order valence-corrected chi connectivity index (χ0v) is 17.6. The number of hydrogen-bond acceptors (Lipinski definition) is 3. The lowest BCUT2D eigenvalue weighted by Crippen LogP contribution is -2.27. The van der Waals surface area contributed by atoms with Crippen molar-refractivity contribution in [1.29, 1.82) is 0 Å². The zero-order chi connectivity index (χ0) is 20.8. The molecule has 0 saturated heterocycles. The summed E-state index contributed by atoms with van der Waals surface area (Å²) in [7, 11) is 0. The van der Waals surface area contributed by atoms with Crippen LogP contribution in [0.3, 0.4) is 0 Å². The smallest absolute Gasteiger partial charge is 0.220 e. The maximum atomic E-state index is 11.9. The van der Waals surface area contributed by atoms with E-state index in [1.54, 1.807) is 6.92 Å². The van der Waals surface area contributed by atoms with Crippen molar-refractivity contribution >= 4 is 16.9 Å². The van der Waals surface area contributed by atoms with Crippen LogP contribution in [0.5, 0.6) is 0 Å². The largest absolute Gasteiger partial charge is 0.393 e. The summed E-state index contributed by atoms with van der Waals surface area (Å²) in [5.41, 5.74) is 4.65. The normalized spacial score (nSPS) is 12.4. The van der Waals surface area contributed by atoms with Crippen molar-refractivity contribution < 1.29 is 9.90 Å². The van der Waals surface area contributed by atoms with Crippen molar-refractivity contribution in [3.05, 3.63) is 65.5 Å². The van der Waals surface area contributed by atoms with Crippen LogP contribution in [0.25, 0.3) is 11.0 Å². The number of amides is 1. The SMILES string of the molecule is CC(C)c1ccc(Cn2c(CCNC(=O)CC[C@H](C)O)nc3ccccc32)cc1. The fourth-order valence-corrected chi connectivity index (χ4v) is 3.43. The fourth-order valence-electron chi connectivity index (χ4n) is 3.43. The molecule has 0 bridgehead atoms. The molecule has 0 radical (unpaired) electrons. The molecule has 0 spiro atoms. The number of aliphatic hydroxyl groups excluding tert-OH is 1. The van der Waals surface area contributed by atoms with Crippen molar-refractivity contribution in [1.82, 2.24) is 14.9 Å². The van der Waals surface area contributed by atoms with Gasteiger partial charge in [0.25, 0.3) is 0 Å². The number of imidazole rings is 1. The molecule has 2 aromatic carbocycles. The molecule has 0 aliphatic carbocycles. The minimum Gasteiger partial charge on any atom is -0.393 e. The van der Waals surface area contributed by atoms with Crippen LogP contribution in [-0.2, 0) is 17.8 Å². The average Bonchev–Trinajstić information content (AvgIpc) is 3.04. The number of para-hydroxylation sites is 2. The molecule has 154 valence electrons. The second kappa shape index (κ2) is 9.70. The number of fused-ring (bicyclic) bond motifs is 1. The third-order valence-electron chi connectivity index (χ3n) is 5.18. The molecular weight excluding hydrogens is 362 g/mol. The fraction of sp³-hybridized carbons (Fsp3) is 0.417. The van der Waals surface area contributed by atoms with Gasteiger partial charge in [0.1, 0.15) is 5.82 Å². The Balaban J connectivity index is 1.73. The Morgan fingerprint density at radius 3 is 2.52 bits per heavy atom. The molecule has 5 nitrogen and oxygen atoms in total. The average molecular weight is 394 g/mol. The molecule has 2 N–H and O–H groups in total. The number of rotatable bonds is 9. The summed E-state index contributed by atoms with van der Waals surface area (Å²) in [6, 6.07) is 16.9. The molecular formula is C24H31N3O2. The molecule has 5 heteroatoms. The first-order chi connectivity index (χ1) is 13.9. The summed E-state index contributed by atoms with van der Waals surface area (Å²) in [6.07, 6.45) is 1.04. The highest BCUT2D eigenvalue weighted by Gasteiger charge is 2.12. The minimum absolute atomic E-state index is 0.0298.